The molecule has 1 atom stereocenters. The average Bonchev–Trinajstić information content (AvgIpc) is 2.57. The van der Waals surface area contributed by atoms with Gasteiger partial charge in [0.1, 0.15) is 6.10 Å². The van der Waals surface area contributed by atoms with Crippen LogP contribution in [0.25, 0.3) is 10.9 Å². The number of aryl methyl sites for hydroxylation is 1. The van der Waals surface area contributed by atoms with Gasteiger partial charge in [-0.1, -0.05) is 0 Å². The number of fused-ring (bicyclic) bond motifs is 1. The third-order valence-electron chi connectivity index (χ3n) is 2.40. The number of H-pyrrole nitrogens is 1. The van der Waals surface area contributed by atoms with Gasteiger partial charge in [0.25, 0.3) is 5.91 Å². The van der Waals surface area contributed by atoms with E-state index >= 15 is 0 Å². The van der Waals surface area contributed by atoms with E-state index in [0.717, 1.165) is 16.6 Å². The molecular formula is C12H14N2O2. The first-order chi connectivity index (χ1) is 7.56. The number of aliphatic hydroxyl groups is 1. The van der Waals surface area contributed by atoms with Gasteiger partial charge in [-0.25, -0.2) is 0 Å². The smallest absolute Gasteiger partial charge is 0.252 e. The number of aliphatic hydroxyl groups excluding tert-OH is 1. The monoisotopic (exact) mass is 218 g/mol. The number of nitrogens with one attached hydrogen (secondary N) is 2. The van der Waals surface area contributed by atoms with Crippen molar-refractivity contribution >= 4 is 22.5 Å². The molecule has 1 unspecified atom stereocenters. The molecule has 84 valence electrons. The first-order valence-electron chi connectivity index (χ1n) is 5.14. The number of hydrogen-bond acceptors (Lipinski definition) is 2. The third kappa shape index (κ3) is 2.06. The normalized spacial score (nSPS) is 12.7. The van der Waals surface area contributed by atoms with Crippen molar-refractivity contribution in [1.82, 2.24) is 4.98 Å². The Morgan fingerprint density at radius 1 is 1.44 bits per heavy atom. The predicted molar refractivity (Wildman–Crippen MR) is 63.3 cm³/mol. The zero-order chi connectivity index (χ0) is 11.7. The molecule has 3 N–H and O–H groups in total. The highest BCUT2D eigenvalue weighted by Crippen LogP contribution is 2.19. The van der Waals surface area contributed by atoms with Crippen LogP contribution in [0.3, 0.4) is 0 Å². The summed E-state index contributed by atoms with van der Waals surface area (Å²) in [5.41, 5.74) is 2.80. The minimum Gasteiger partial charge on any atom is -0.384 e. The molecule has 1 aromatic carbocycles. The molecule has 0 fully saturated rings. The maximum absolute atomic E-state index is 11.3. The van der Waals surface area contributed by atoms with Gasteiger partial charge in [0, 0.05) is 22.3 Å². The zero-order valence-electron chi connectivity index (χ0n) is 9.24. The molecule has 2 rings (SSSR count). The van der Waals surface area contributed by atoms with Gasteiger partial charge in [-0.05, 0) is 38.1 Å². The van der Waals surface area contributed by atoms with E-state index in [4.69, 9.17) is 5.11 Å². The molecule has 1 aromatic heterocycles. The number of rotatable bonds is 2. The summed E-state index contributed by atoms with van der Waals surface area (Å²) in [6.07, 6.45) is -0.997. The van der Waals surface area contributed by atoms with Gasteiger partial charge in [-0.2, -0.15) is 0 Å². The van der Waals surface area contributed by atoms with E-state index in [2.05, 4.69) is 10.3 Å². The lowest BCUT2D eigenvalue weighted by Crippen LogP contribution is -2.24. The first-order valence-corrected chi connectivity index (χ1v) is 5.14. The lowest BCUT2D eigenvalue weighted by atomic mass is 10.2. The van der Waals surface area contributed by atoms with Crippen LogP contribution < -0.4 is 5.32 Å². The molecule has 1 amide bonds. The molecule has 0 radical (unpaired) electrons. The van der Waals surface area contributed by atoms with Crippen molar-refractivity contribution in [2.24, 2.45) is 0 Å². The molecule has 0 aliphatic heterocycles. The van der Waals surface area contributed by atoms with Crippen LogP contribution in [0.2, 0.25) is 0 Å². The van der Waals surface area contributed by atoms with Gasteiger partial charge in [-0.15, -0.1) is 0 Å². The molecular weight excluding hydrogens is 204 g/mol. The molecule has 0 aliphatic rings. The highest BCUT2D eigenvalue weighted by Gasteiger charge is 2.09. The molecule has 4 heteroatoms. The predicted octanol–water partition coefficient (Wildman–Crippen LogP) is 1.80. The summed E-state index contributed by atoms with van der Waals surface area (Å²) in [5, 5.41) is 12.8. The fourth-order valence-corrected chi connectivity index (χ4v) is 1.60. The topological polar surface area (TPSA) is 65.1 Å². The lowest BCUT2D eigenvalue weighted by Gasteiger charge is -2.06. The Hall–Kier alpha value is -1.81. The summed E-state index contributed by atoms with van der Waals surface area (Å²) in [6, 6.07) is 7.59. The van der Waals surface area contributed by atoms with E-state index in [9.17, 15) is 4.79 Å². The summed E-state index contributed by atoms with van der Waals surface area (Å²) in [4.78, 5) is 14.5. The van der Waals surface area contributed by atoms with Crippen molar-refractivity contribution in [2.45, 2.75) is 20.0 Å². The summed E-state index contributed by atoms with van der Waals surface area (Å²) in [7, 11) is 0. The molecule has 1 heterocycles. The highest BCUT2D eigenvalue weighted by atomic mass is 16.3. The van der Waals surface area contributed by atoms with Gasteiger partial charge in [-0.3, -0.25) is 4.79 Å². The van der Waals surface area contributed by atoms with E-state index in [1.54, 1.807) is 6.07 Å². The van der Waals surface area contributed by atoms with Gasteiger partial charge >= 0.3 is 0 Å². The Morgan fingerprint density at radius 2 is 2.19 bits per heavy atom. The summed E-state index contributed by atoms with van der Waals surface area (Å²) in [5.74, 6) is -0.397. The number of anilines is 1. The number of aromatic amines is 1. The molecule has 0 aliphatic carbocycles. The van der Waals surface area contributed by atoms with Crippen LogP contribution >= 0.6 is 0 Å². The number of hydrogen-bond donors (Lipinski definition) is 3. The van der Waals surface area contributed by atoms with E-state index in [1.807, 2.05) is 25.1 Å². The van der Waals surface area contributed by atoms with E-state index in [0.29, 0.717) is 5.69 Å². The van der Waals surface area contributed by atoms with Crippen molar-refractivity contribution in [3.63, 3.8) is 0 Å². The van der Waals surface area contributed by atoms with E-state index < -0.39 is 12.0 Å². The SMILES string of the molecule is Cc1cc2cc(NC(=O)C(C)O)ccc2[nH]1. The van der Waals surface area contributed by atoms with Crippen molar-refractivity contribution in [3.05, 3.63) is 30.0 Å². The maximum atomic E-state index is 11.3. The van der Waals surface area contributed by atoms with E-state index in [-0.39, 0.29) is 0 Å². The number of amides is 1. The Kier molecular flexibility index (Phi) is 2.66. The molecule has 2 aromatic rings. The van der Waals surface area contributed by atoms with Gasteiger partial charge in [0.2, 0.25) is 0 Å². The first kappa shape index (κ1) is 10.7. The van der Waals surface area contributed by atoms with Crippen molar-refractivity contribution < 1.29 is 9.90 Å². The summed E-state index contributed by atoms with van der Waals surface area (Å²) < 4.78 is 0. The van der Waals surface area contributed by atoms with Crippen molar-refractivity contribution in [1.29, 1.82) is 0 Å². The minimum absolute atomic E-state index is 0.397. The Morgan fingerprint density at radius 3 is 2.88 bits per heavy atom. The number of carbonyl (C=O) groups is 1. The van der Waals surface area contributed by atoms with Crippen LogP contribution in [-0.2, 0) is 4.79 Å². The lowest BCUT2D eigenvalue weighted by molar-refractivity contribution is -0.123. The number of carbonyl (C=O) groups excluding carboxylic acids is 1. The molecule has 0 saturated carbocycles. The summed E-state index contributed by atoms with van der Waals surface area (Å²) >= 11 is 0. The van der Waals surface area contributed by atoms with Crippen LogP contribution in [-0.4, -0.2) is 22.1 Å². The Balaban J connectivity index is 2.29. The largest absolute Gasteiger partial charge is 0.384 e. The van der Waals surface area contributed by atoms with Crippen LogP contribution in [0.5, 0.6) is 0 Å². The van der Waals surface area contributed by atoms with Crippen LogP contribution in [0.4, 0.5) is 5.69 Å². The minimum atomic E-state index is -0.997. The fourth-order valence-electron chi connectivity index (χ4n) is 1.60. The molecule has 16 heavy (non-hydrogen) atoms. The molecule has 0 saturated heterocycles. The van der Waals surface area contributed by atoms with Crippen LogP contribution in [0.1, 0.15) is 12.6 Å². The zero-order valence-corrected chi connectivity index (χ0v) is 9.24. The quantitative estimate of drug-likeness (QED) is 0.719. The maximum Gasteiger partial charge on any atom is 0.252 e. The van der Waals surface area contributed by atoms with Gasteiger partial charge < -0.3 is 15.4 Å². The fraction of sp³-hybridized carbons (Fsp3) is 0.250. The molecule has 0 bridgehead atoms. The Bertz CT molecular complexity index is 529. The van der Waals surface area contributed by atoms with Crippen LogP contribution in [0, 0.1) is 6.92 Å². The summed E-state index contributed by atoms with van der Waals surface area (Å²) in [6.45, 7) is 3.42. The highest BCUT2D eigenvalue weighted by molar-refractivity contribution is 5.96. The van der Waals surface area contributed by atoms with Crippen molar-refractivity contribution in [3.8, 4) is 0 Å². The molecule has 4 nitrogen and oxygen atoms in total. The number of benzene rings is 1. The van der Waals surface area contributed by atoms with Gasteiger partial charge in [0.15, 0.2) is 0 Å². The third-order valence-corrected chi connectivity index (χ3v) is 2.40. The number of aromatic nitrogens is 1. The van der Waals surface area contributed by atoms with Crippen molar-refractivity contribution in [2.75, 3.05) is 5.32 Å². The molecule has 0 spiro atoms. The second-order valence-corrected chi connectivity index (χ2v) is 3.92. The van der Waals surface area contributed by atoms with Gasteiger partial charge in [0.05, 0.1) is 0 Å². The van der Waals surface area contributed by atoms with E-state index in [1.165, 1.54) is 6.92 Å². The average molecular weight is 218 g/mol. The Labute approximate surface area is 93.3 Å². The second-order valence-electron chi connectivity index (χ2n) is 3.92. The van der Waals surface area contributed by atoms with Crippen LogP contribution in [0.15, 0.2) is 24.3 Å². The second kappa shape index (κ2) is 3.98. The standard InChI is InChI=1S/C12H14N2O2/c1-7-5-9-6-10(3-4-11(9)13-7)14-12(16)8(2)15/h3-6,8,13,15H,1-2H3,(H,14,16).